The molecule has 0 unspecified atom stereocenters. The molecule has 1 aromatic rings. The standard InChI is InChI=1S/C28H42N4O5/c1-27(2,3)25(34)30-19-14-18(16-29-17-19)24(33)32(20-8-9-20)21-10-11-23-22(15-21)31(12-7-13-36-6)26(35)28(4,5)37-23/h10-11,15,18-20,29H,7-9,12-14,16-17H2,1-6H3,(H,30,34)/t18-,19+/m1/s1. The Labute approximate surface area is 220 Å². The zero-order valence-electron chi connectivity index (χ0n) is 23.1. The smallest absolute Gasteiger partial charge is 0.270 e. The van der Waals surface area contributed by atoms with Crippen molar-refractivity contribution in [3.05, 3.63) is 18.2 Å². The first-order valence-electron chi connectivity index (χ1n) is 13.4. The fourth-order valence-electron chi connectivity index (χ4n) is 4.98. The van der Waals surface area contributed by atoms with Gasteiger partial charge in [0.15, 0.2) is 5.60 Å². The second-order valence-electron chi connectivity index (χ2n) is 12.0. The number of rotatable bonds is 8. The van der Waals surface area contributed by atoms with E-state index in [0.29, 0.717) is 50.5 Å². The van der Waals surface area contributed by atoms with Crippen molar-refractivity contribution in [3.8, 4) is 5.75 Å². The Kier molecular flexibility index (Phi) is 7.85. The van der Waals surface area contributed by atoms with Crippen molar-refractivity contribution in [2.75, 3.05) is 43.2 Å². The van der Waals surface area contributed by atoms with E-state index >= 15 is 0 Å². The van der Waals surface area contributed by atoms with Gasteiger partial charge >= 0.3 is 0 Å². The van der Waals surface area contributed by atoms with Gasteiger partial charge in [0.1, 0.15) is 5.75 Å². The lowest BCUT2D eigenvalue weighted by molar-refractivity contribution is -0.132. The number of carbonyl (C=O) groups excluding carboxylic acids is 3. The lowest BCUT2D eigenvalue weighted by Gasteiger charge is -2.40. The highest BCUT2D eigenvalue weighted by atomic mass is 16.5. The molecule has 1 saturated heterocycles. The van der Waals surface area contributed by atoms with Gasteiger partial charge in [-0.25, -0.2) is 0 Å². The molecule has 2 heterocycles. The van der Waals surface area contributed by atoms with Crippen LogP contribution in [0, 0.1) is 11.3 Å². The maximum absolute atomic E-state index is 13.9. The molecule has 9 heteroatoms. The van der Waals surface area contributed by atoms with Crippen molar-refractivity contribution in [1.82, 2.24) is 10.6 Å². The first-order valence-corrected chi connectivity index (χ1v) is 13.4. The maximum atomic E-state index is 13.9. The molecule has 3 amide bonds. The van der Waals surface area contributed by atoms with Crippen LogP contribution in [-0.2, 0) is 19.1 Å². The minimum atomic E-state index is -0.964. The second-order valence-corrected chi connectivity index (χ2v) is 12.0. The minimum absolute atomic E-state index is 0.0118. The Balaban J connectivity index is 1.57. The molecule has 204 valence electrons. The van der Waals surface area contributed by atoms with E-state index in [1.165, 1.54) is 0 Å². The van der Waals surface area contributed by atoms with Crippen molar-refractivity contribution in [2.45, 2.75) is 78.0 Å². The first-order chi connectivity index (χ1) is 17.4. The molecule has 0 spiro atoms. The highest BCUT2D eigenvalue weighted by Gasteiger charge is 2.43. The van der Waals surface area contributed by atoms with Gasteiger partial charge in [0, 0.05) is 56.5 Å². The monoisotopic (exact) mass is 514 g/mol. The van der Waals surface area contributed by atoms with Gasteiger partial charge in [0.25, 0.3) is 5.91 Å². The van der Waals surface area contributed by atoms with Crippen molar-refractivity contribution < 1.29 is 23.9 Å². The third kappa shape index (κ3) is 6.09. The molecular weight excluding hydrogens is 472 g/mol. The van der Waals surface area contributed by atoms with E-state index in [2.05, 4.69) is 10.6 Å². The molecule has 1 aliphatic carbocycles. The van der Waals surface area contributed by atoms with E-state index in [1.807, 2.05) is 43.9 Å². The van der Waals surface area contributed by atoms with Crippen LogP contribution >= 0.6 is 0 Å². The number of fused-ring (bicyclic) bond motifs is 1. The normalized spacial score (nSPS) is 23.2. The molecule has 37 heavy (non-hydrogen) atoms. The Morgan fingerprint density at radius 3 is 2.62 bits per heavy atom. The number of carbonyl (C=O) groups is 3. The maximum Gasteiger partial charge on any atom is 0.270 e. The van der Waals surface area contributed by atoms with Gasteiger partial charge in [-0.15, -0.1) is 0 Å². The number of methoxy groups -OCH3 is 1. The van der Waals surface area contributed by atoms with Gasteiger partial charge in [0.05, 0.1) is 11.6 Å². The summed E-state index contributed by atoms with van der Waals surface area (Å²) in [5.74, 6) is 0.330. The molecule has 4 rings (SSSR count). The summed E-state index contributed by atoms with van der Waals surface area (Å²) in [7, 11) is 1.65. The third-order valence-corrected chi connectivity index (χ3v) is 7.23. The highest BCUT2D eigenvalue weighted by molar-refractivity contribution is 6.04. The molecule has 2 atom stereocenters. The molecule has 2 aliphatic heterocycles. The van der Waals surface area contributed by atoms with E-state index in [9.17, 15) is 14.4 Å². The van der Waals surface area contributed by atoms with Crippen LogP contribution in [0.25, 0.3) is 0 Å². The molecule has 1 saturated carbocycles. The van der Waals surface area contributed by atoms with Crippen LogP contribution in [0.15, 0.2) is 18.2 Å². The van der Waals surface area contributed by atoms with Crippen LogP contribution in [0.4, 0.5) is 11.4 Å². The number of piperidine rings is 1. The number of benzene rings is 1. The zero-order valence-corrected chi connectivity index (χ0v) is 23.1. The van der Waals surface area contributed by atoms with Crippen molar-refractivity contribution >= 4 is 29.1 Å². The summed E-state index contributed by atoms with van der Waals surface area (Å²) >= 11 is 0. The van der Waals surface area contributed by atoms with Crippen LogP contribution < -0.4 is 25.2 Å². The average Bonchev–Trinajstić information content (AvgIpc) is 3.66. The summed E-state index contributed by atoms with van der Waals surface area (Å²) in [5, 5.41) is 6.45. The summed E-state index contributed by atoms with van der Waals surface area (Å²) in [6.45, 7) is 11.5. The predicted molar refractivity (Wildman–Crippen MR) is 143 cm³/mol. The number of ether oxygens (including phenoxy) is 2. The number of hydrogen-bond acceptors (Lipinski definition) is 6. The molecule has 1 aromatic carbocycles. The molecule has 0 radical (unpaired) electrons. The summed E-state index contributed by atoms with van der Waals surface area (Å²) in [6.07, 6.45) is 3.20. The summed E-state index contributed by atoms with van der Waals surface area (Å²) in [6, 6.07) is 5.76. The van der Waals surface area contributed by atoms with Gasteiger partial charge in [0.2, 0.25) is 11.8 Å². The molecule has 0 bridgehead atoms. The fourth-order valence-corrected chi connectivity index (χ4v) is 4.98. The summed E-state index contributed by atoms with van der Waals surface area (Å²) in [5.41, 5.74) is 0.0189. The molecular formula is C28H42N4O5. The first kappa shape index (κ1) is 27.4. The number of nitrogens with one attached hydrogen (secondary N) is 2. The summed E-state index contributed by atoms with van der Waals surface area (Å²) < 4.78 is 11.3. The second kappa shape index (κ2) is 10.6. The topological polar surface area (TPSA) is 100 Å². The van der Waals surface area contributed by atoms with E-state index in [-0.39, 0.29) is 35.7 Å². The van der Waals surface area contributed by atoms with Gasteiger partial charge < -0.3 is 29.9 Å². The number of anilines is 2. The van der Waals surface area contributed by atoms with Gasteiger partial charge in [-0.2, -0.15) is 0 Å². The van der Waals surface area contributed by atoms with E-state index < -0.39 is 11.0 Å². The minimum Gasteiger partial charge on any atom is -0.476 e. The van der Waals surface area contributed by atoms with Gasteiger partial charge in [-0.3, -0.25) is 14.4 Å². The summed E-state index contributed by atoms with van der Waals surface area (Å²) in [4.78, 5) is 43.3. The van der Waals surface area contributed by atoms with Crippen LogP contribution in [0.5, 0.6) is 5.75 Å². The lowest BCUT2D eigenvalue weighted by Crippen LogP contribution is -2.54. The fraction of sp³-hybridized carbons (Fsp3) is 0.679. The Bertz CT molecular complexity index is 1030. The van der Waals surface area contributed by atoms with Crippen molar-refractivity contribution in [2.24, 2.45) is 11.3 Å². The Morgan fingerprint density at radius 1 is 1.24 bits per heavy atom. The van der Waals surface area contributed by atoms with Crippen LogP contribution in [0.2, 0.25) is 0 Å². The number of hydrogen-bond donors (Lipinski definition) is 2. The Morgan fingerprint density at radius 2 is 1.97 bits per heavy atom. The van der Waals surface area contributed by atoms with Crippen LogP contribution in [0.3, 0.4) is 0 Å². The Hall–Kier alpha value is -2.65. The predicted octanol–water partition coefficient (Wildman–Crippen LogP) is 2.86. The van der Waals surface area contributed by atoms with Gasteiger partial charge in [-0.1, -0.05) is 20.8 Å². The molecule has 2 N–H and O–H groups in total. The highest BCUT2D eigenvalue weighted by Crippen LogP contribution is 2.42. The third-order valence-electron chi connectivity index (χ3n) is 7.23. The zero-order chi connectivity index (χ0) is 27.0. The van der Waals surface area contributed by atoms with E-state index in [0.717, 1.165) is 18.5 Å². The lowest BCUT2D eigenvalue weighted by atomic mass is 9.91. The van der Waals surface area contributed by atoms with Crippen molar-refractivity contribution in [3.63, 3.8) is 0 Å². The van der Waals surface area contributed by atoms with E-state index in [1.54, 1.807) is 25.9 Å². The average molecular weight is 515 g/mol. The molecule has 9 nitrogen and oxygen atoms in total. The van der Waals surface area contributed by atoms with E-state index in [4.69, 9.17) is 9.47 Å². The van der Waals surface area contributed by atoms with Crippen molar-refractivity contribution in [1.29, 1.82) is 0 Å². The largest absolute Gasteiger partial charge is 0.476 e. The quantitative estimate of drug-likeness (QED) is 0.518. The molecule has 3 aliphatic rings. The number of nitrogens with zero attached hydrogens (tertiary/aromatic N) is 2. The molecule has 2 fully saturated rings. The number of amides is 3. The van der Waals surface area contributed by atoms with Crippen LogP contribution in [0.1, 0.15) is 60.3 Å². The molecule has 0 aromatic heterocycles. The van der Waals surface area contributed by atoms with Crippen LogP contribution in [-0.4, -0.2) is 68.8 Å². The van der Waals surface area contributed by atoms with Gasteiger partial charge in [-0.05, 0) is 57.7 Å². The SMILES string of the molecule is COCCCN1C(=O)C(C)(C)Oc2ccc(N(C(=O)[C@H]3CNC[C@@H](NC(=O)C(C)(C)C)C3)C3CC3)cc21.